The molecule has 0 amide bonds. The number of halogens is 2. The Bertz CT molecular complexity index is 668. The van der Waals surface area contributed by atoms with Gasteiger partial charge in [0, 0.05) is 33.2 Å². The normalized spacial score (nSPS) is 16.7. The lowest BCUT2D eigenvalue weighted by molar-refractivity contribution is 0.255. The summed E-state index contributed by atoms with van der Waals surface area (Å²) in [6, 6.07) is 9.38. The molecule has 0 saturated carbocycles. The van der Waals surface area contributed by atoms with Crippen LogP contribution in [0.4, 0.5) is 0 Å². The van der Waals surface area contributed by atoms with Crippen molar-refractivity contribution in [3.8, 4) is 22.6 Å². The Balaban J connectivity index is 2.23. The largest absolute Gasteiger partial charge is 0.497 e. The van der Waals surface area contributed by atoms with Crippen LogP contribution >= 0.6 is 23.2 Å². The summed E-state index contributed by atoms with van der Waals surface area (Å²) in [5.74, 6) is 1.68. The lowest BCUT2D eigenvalue weighted by atomic mass is 10.00. The number of ether oxygens (including phenoxy) is 2. The second kappa shape index (κ2) is 5.19. The number of hydrogen-bond acceptors (Lipinski definition) is 2. The van der Waals surface area contributed by atoms with E-state index in [9.17, 15) is 0 Å². The number of fused-ring (bicyclic) bond motifs is 1. The lowest BCUT2D eigenvalue weighted by Gasteiger charge is -2.13. The van der Waals surface area contributed by atoms with Gasteiger partial charge in [0.2, 0.25) is 0 Å². The molecule has 1 aliphatic rings. The van der Waals surface area contributed by atoms with Crippen LogP contribution in [0.25, 0.3) is 11.1 Å². The number of rotatable bonds is 2. The highest BCUT2D eigenvalue weighted by Crippen LogP contribution is 2.44. The van der Waals surface area contributed by atoms with Gasteiger partial charge in [-0.3, -0.25) is 0 Å². The standard InChI is InChI=1S/C16H14Cl2O2/c1-9-5-10-6-12(19-2)8-14(16(10)20-9)13-7-11(17)3-4-15(13)18/h3-4,6-9H,5H2,1-2H3. The van der Waals surface area contributed by atoms with E-state index in [0.717, 1.165) is 34.6 Å². The van der Waals surface area contributed by atoms with Crippen LogP contribution in [-0.4, -0.2) is 13.2 Å². The Morgan fingerprint density at radius 3 is 2.70 bits per heavy atom. The van der Waals surface area contributed by atoms with Crippen molar-refractivity contribution in [1.82, 2.24) is 0 Å². The van der Waals surface area contributed by atoms with E-state index in [0.29, 0.717) is 10.0 Å². The molecule has 0 aromatic heterocycles. The summed E-state index contributed by atoms with van der Waals surface area (Å²) >= 11 is 12.4. The van der Waals surface area contributed by atoms with Crippen molar-refractivity contribution in [2.24, 2.45) is 0 Å². The SMILES string of the molecule is COc1cc2c(c(-c3cc(Cl)ccc3Cl)c1)OC(C)C2. The zero-order chi connectivity index (χ0) is 14.3. The van der Waals surface area contributed by atoms with Gasteiger partial charge in [0.1, 0.15) is 17.6 Å². The van der Waals surface area contributed by atoms with Gasteiger partial charge in [0.25, 0.3) is 0 Å². The minimum Gasteiger partial charge on any atom is -0.497 e. The van der Waals surface area contributed by atoms with Crippen LogP contribution in [0.3, 0.4) is 0 Å². The van der Waals surface area contributed by atoms with Crippen molar-refractivity contribution in [1.29, 1.82) is 0 Å². The van der Waals surface area contributed by atoms with Crippen molar-refractivity contribution in [2.75, 3.05) is 7.11 Å². The summed E-state index contributed by atoms with van der Waals surface area (Å²) in [6.07, 6.45) is 1.03. The average molecular weight is 309 g/mol. The molecule has 1 aliphatic heterocycles. The van der Waals surface area contributed by atoms with Gasteiger partial charge in [-0.2, -0.15) is 0 Å². The third kappa shape index (κ3) is 2.34. The predicted octanol–water partition coefficient (Wildman–Crippen LogP) is 4.99. The summed E-state index contributed by atoms with van der Waals surface area (Å²) in [7, 11) is 1.66. The third-order valence-electron chi connectivity index (χ3n) is 3.42. The highest BCUT2D eigenvalue weighted by atomic mass is 35.5. The first-order valence-electron chi connectivity index (χ1n) is 6.41. The van der Waals surface area contributed by atoms with Gasteiger partial charge in [-0.1, -0.05) is 23.2 Å². The highest BCUT2D eigenvalue weighted by molar-refractivity contribution is 6.35. The quantitative estimate of drug-likeness (QED) is 0.778. The van der Waals surface area contributed by atoms with E-state index in [1.807, 2.05) is 18.2 Å². The van der Waals surface area contributed by atoms with Gasteiger partial charge in [-0.25, -0.2) is 0 Å². The minimum atomic E-state index is 0.161. The first-order valence-corrected chi connectivity index (χ1v) is 7.17. The molecule has 0 spiro atoms. The minimum absolute atomic E-state index is 0.161. The first-order chi connectivity index (χ1) is 9.58. The Hall–Kier alpha value is -1.38. The predicted molar refractivity (Wildman–Crippen MR) is 82.2 cm³/mol. The van der Waals surface area contributed by atoms with E-state index in [-0.39, 0.29) is 6.10 Å². The Kier molecular flexibility index (Phi) is 3.53. The summed E-state index contributed by atoms with van der Waals surface area (Å²) < 4.78 is 11.3. The molecule has 0 radical (unpaired) electrons. The van der Waals surface area contributed by atoms with Gasteiger partial charge in [0.05, 0.1) is 7.11 Å². The second-order valence-corrected chi connectivity index (χ2v) is 5.76. The molecule has 20 heavy (non-hydrogen) atoms. The first kappa shape index (κ1) is 13.6. The van der Waals surface area contributed by atoms with Crippen molar-refractivity contribution in [3.63, 3.8) is 0 Å². The Morgan fingerprint density at radius 2 is 1.95 bits per heavy atom. The van der Waals surface area contributed by atoms with Crippen LogP contribution in [-0.2, 0) is 6.42 Å². The summed E-state index contributed by atoms with van der Waals surface area (Å²) in [5.41, 5.74) is 2.93. The van der Waals surface area contributed by atoms with Crippen molar-refractivity contribution >= 4 is 23.2 Å². The highest BCUT2D eigenvalue weighted by Gasteiger charge is 2.25. The smallest absolute Gasteiger partial charge is 0.131 e. The molecule has 0 saturated heterocycles. The van der Waals surface area contributed by atoms with Gasteiger partial charge < -0.3 is 9.47 Å². The number of hydrogen-bond donors (Lipinski definition) is 0. The van der Waals surface area contributed by atoms with Crippen molar-refractivity contribution < 1.29 is 9.47 Å². The van der Waals surface area contributed by atoms with Crippen LogP contribution in [0.15, 0.2) is 30.3 Å². The van der Waals surface area contributed by atoms with Crippen LogP contribution in [0.5, 0.6) is 11.5 Å². The fraction of sp³-hybridized carbons (Fsp3) is 0.250. The molecule has 2 nitrogen and oxygen atoms in total. The monoisotopic (exact) mass is 308 g/mol. The maximum absolute atomic E-state index is 6.31. The Morgan fingerprint density at radius 1 is 1.15 bits per heavy atom. The lowest BCUT2D eigenvalue weighted by Crippen LogP contribution is -2.05. The van der Waals surface area contributed by atoms with Gasteiger partial charge in [-0.05, 0) is 37.3 Å². The topological polar surface area (TPSA) is 18.5 Å². The average Bonchev–Trinajstić information content (AvgIpc) is 2.80. The number of benzene rings is 2. The van der Waals surface area contributed by atoms with Gasteiger partial charge >= 0.3 is 0 Å². The molecule has 1 heterocycles. The van der Waals surface area contributed by atoms with Crippen LogP contribution < -0.4 is 9.47 Å². The van der Waals surface area contributed by atoms with Crippen molar-refractivity contribution in [2.45, 2.75) is 19.4 Å². The molecular formula is C16H14Cl2O2. The molecule has 1 unspecified atom stereocenters. The summed E-state index contributed by atoms with van der Waals surface area (Å²) in [4.78, 5) is 0. The van der Waals surface area contributed by atoms with Gasteiger partial charge in [0.15, 0.2) is 0 Å². The van der Waals surface area contributed by atoms with Crippen LogP contribution in [0, 0.1) is 0 Å². The van der Waals surface area contributed by atoms with E-state index < -0.39 is 0 Å². The van der Waals surface area contributed by atoms with E-state index in [2.05, 4.69) is 6.92 Å². The zero-order valence-electron chi connectivity index (χ0n) is 11.2. The molecule has 2 aromatic carbocycles. The molecule has 0 aliphatic carbocycles. The molecule has 0 N–H and O–H groups in total. The zero-order valence-corrected chi connectivity index (χ0v) is 12.8. The van der Waals surface area contributed by atoms with E-state index in [4.69, 9.17) is 32.7 Å². The van der Waals surface area contributed by atoms with E-state index >= 15 is 0 Å². The Labute approximate surface area is 128 Å². The molecule has 2 aromatic rings. The van der Waals surface area contributed by atoms with Crippen LogP contribution in [0.1, 0.15) is 12.5 Å². The fourth-order valence-corrected chi connectivity index (χ4v) is 2.92. The molecule has 1 atom stereocenters. The second-order valence-electron chi connectivity index (χ2n) is 4.92. The third-order valence-corrected chi connectivity index (χ3v) is 3.98. The fourth-order valence-electron chi connectivity index (χ4n) is 2.52. The van der Waals surface area contributed by atoms with Gasteiger partial charge in [-0.15, -0.1) is 0 Å². The molecule has 0 fully saturated rings. The van der Waals surface area contributed by atoms with Crippen molar-refractivity contribution in [3.05, 3.63) is 45.9 Å². The molecule has 0 bridgehead atoms. The maximum atomic E-state index is 6.31. The summed E-state index contributed by atoms with van der Waals surface area (Å²) in [5, 5.41) is 1.29. The molecule has 4 heteroatoms. The van der Waals surface area contributed by atoms with E-state index in [1.165, 1.54) is 0 Å². The maximum Gasteiger partial charge on any atom is 0.131 e. The molecule has 3 rings (SSSR count). The molecule has 104 valence electrons. The van der Waals surface area contributed by atoms with Crippen LogP contribution in [0.2, 0.25) is 10.0 Å². The number of methoxy groups -OCH3 is 1. The summed E-state index contributed by atoms with van der Waals surface area (Å²) in [6.45, 7) is 2.05. The van der Waals surface area contributed by atoms with E-state index in [1.54, 1.807) is 19.2 Å². The molecular weight excluding hydrogens is 295 g/mol.